The average molecular weight is 426 g/mol. The second-order valence-corrected chi connectivity index (χ2v) is 10.8. The number of hydrogen-bond donors (Lipinski definition) is 1. The number of nitrogens with one attached hydrogen (secondary N) is 1. The van der Waals surface area contributed by atoms with Crippen LogP contribution in [0.1, 0.15) is 10.4 Å². The maximum absolute atomic E-state index is 12.6. The molecular formula is C18H23N3O5S2. The Morgan fingerprint density at radius 3 is 1.86 bits per heavy atom. The molecule has 10 heteroatoms. The fraction of sp³-hybridized carbons (Fsp3) is 0.278. The van der Waals surface area contributed by atoms with Crippen molar-refractivity contribution >= 4 is 37.1 Å². The summed E-state index contributed by atoms with van der Waals surface area (Å²) in [5, 5.41) is 2.70. The first kappa shape index (κ1) is 21.9. The molecule has 0 spiro atoms. The quantitative estimate of drug-likeness (QED) is 0.755. The minimum absolute atomic E-state index is 0.0471. The van der Waals surface area contributed by atoms with E-state index in [2.05, 4.69) is 5.32 Å². The van der Waals surface area contributed by atoms with Crippen molar-refractivity contribution in [2.45, 2.75) is 9.79 Å². The lowest BCUT2D eigenvalue weighted by molar-refractivity contribution is 0.102. The molecule has 0 aliphatic heterocycles. The highest BCUT2D eigenvalue weighted by Crippen LogP contribution is 2.29. The predicted octanol–water partition coefficient (Wildman–Crippen LogP) is 1.66. The minimum atomic E-state index is -3.67. The van der Waals surface area contributed by atoms with Gasteiger partial charge >= 0.3 is 0 Å². The maximum atomic E-state index is 12.6. The van der Waals surface area contributed by atoms with Gasteiger partial charge < -0.3 is 10.2 Å². The molecule has 2 aromatic rings. The standard InChI is InChI=1S/C18H23N3O5S2/c1-20(2)17-11-10-15(28(25,26)21(3)4)12-16(17)19-18(22)13-6-8-14(9-7-13)27(5,23)24/h6-12H,1-5H3,(H,19,22). The summed E-state index contributed by atoms with van der Waals surface area (Å²) in [6, 6.07) is 9.99. The number of carbonyl (C=O) groups excluding carboxylic acids is 1. The van der Waals surface area contributed by atoms with E-state index in [9.17, 15) is 21.6 Å². The molecule has 0 atom stereocenters. The van der Waals surface area contributed by atoms with E-state index < -0.39 is 25.8 Å². The van der Waals surface area contributed by atoms with Crippen LogP contribution >= 0.6 is 0 Å². The topological polar surface area (TPSA) is 104 Å². The third kappa shape index (κ3) is 4.70. The fourth-order valence-corrected chi connectivity index (χ4v) is 3.98. The lowest BCUT2D eigenvalue weighted by atomic mass is 10.2. The summed E-state index contributed by atoms with van der Waals surface area (Å²) < 4.78 is 49.0. The van der Waals surface area contributed by atoms with Gasteiger partial charge in [-0.25, -0.2) is 21.1 Å². The molecule has 2 rings (SSSR count). The van der Waals surface area contributed by atoms with Gasteiger partial charge in [0.1, 0.15) is 0 Å². The van der Waals surface area contributed by atoms with Gasteiger partial charge in [-0.2, -0.15) is 0 Å². The molecule has 1 amide bonds. The Morgan fingerprint density at radius 1 is 0.857 bits per heavy atom. The third-order valence-electron chi connectivity index (χ3n) is 4.02. The van der Waals surface area contributed by atoms with Gasteiger partial charge in [0.25, 0.3) is 5.91 Å². The number of amides is 1. The molecule has 1 N–H and O–H groups in total. The Hall–Kier alpha value is -2.43. The minimum Gasteiger partial charge on any atom is -0.376 e. The van der Waals surface area contributed by atoms with Crippen LogP contribution in [0.2, 0.25) is 0 Å². The summed E-state index contributed by atoms with van der Waals surface area (Å²) in [4.78, 5) is 14.5. The Balaban J connectivity index is 2.42. The van der Waals surface area contributed by atoms with E-state index >= 15 is 0 Å². The molecule has 8 nitrogen and oxygen atoms in total. The van der Waals surface area contributed by atoms with Crippen molar-refractivity contribution in [1.82, 2.24) is 4.31 Å². The number of hydrogen-bond acceptors (Lipinski definition) is 6. The van der Waals surface area contributed by atoms with E-state index in [4.69, 9.17) is 0 Å². The van der Waals surface area contributed by atoms with Crippen LogP contribution in [0.3, 0.4) is 0 Å². The SMILES string of the molecule is CN(C)c1ccc(S(=O)(=O)N(C)C)cc1NC(=O)c1ccc(S(C)(=O)=O)cc1. The van der Waals surface area contributed by atoms with E-state index in [-0.39, 0.29) is 15.4 Å². The zero-order chi connectivity index (χ0) is 21.3. The number of sulfone groups is 1. The zero-order valence-electron chi connectivity index (χ0n) is 16.3. The summed E-state index contributed by atoms with van der Waals surface area (Å²) in [6.45, 7) is 0. The number of sulfonamides is 1. The molecular weight excluding hydrogens is 402 g/mol. The first-order valence-electron chi connectivity index (χ1n) is 8.19. The molecule has 0 heterocycles. The van der Waals surface area contributed by atoms with Crippen molar-refractivity contribution in [2.24, 2.45) is 0 Å². The normalized spacial score (nSPS) is 12.1. The maximum Gasteiger partial charge on any atom is 0.255 e. The van der Waals surface area contributed by atoms with Gasteiger partial charge in [-0.1, -0.05) is 0 Å². The molecule has 2 aromatic carbocycles. The first-order chi connectivity index (χ1) is 12.8. The van der Waals surface area contributed by atoms with Crippen molar-refractivity contribution in [3.63, 3.8) is 0 Å². The van der Waals surface area contributed by atoms with Crippen molar-refractivity contribution in [3.8, 4) is 0 Å². The van der Waals surface area contributed by atoms with Crippen molar-refractivity contribution in [1.29, 1.82) is 0 Å². The number of anilines is 2. The van der Waals surface area contributed by atoms with Gasteiger partial charge in [-0.05, 0) is 42.5 Å². The van der Waals surface area contributed by atoms with Gasteiger partial charge in [0.2, 0.25) is 10.0 Å². The second kappa shape index (κ2) is 7.90. The highest BCUT2D eigenvalue weighted by atomic mass is 32.2. The molecule has 0 aromatic heterocycles. The van der Waals surface area contributed by atoms with E-state index in [1.807, 2.05) is 0 Å². The second-order valence-electron chi connectivity index (χ2n) is 6.61. The van der Waals surface area contributed by atoms with Gasteiger partial charge in [-0.15, -0.1) is 0 Å². The number of rotatable bonds is 6. The Bertz CT molecular complexity index is 1090. The summed E-state index contributed by atoms with van der Waals surface area (Å²) >= 11 is 0. The summed E-state index contributed by atoms with van der Waals surface area (Å²) in [7, 11) is -0.635. The molecule has 0 unspecified atom stereocenters. The molecule has 0 aliphatic rings. The van der Waals surface area contributed by atoms with Gasteiger partial charge in [0, 0.05) is 40.0 Å². The lowest BCUT2D eigenvalue weighted by Crippen LogP contribution is -2.23. The van der Waals surface area contributed by atoms with Crippen molar-refractivity contribution in [3.05, 3.63) is 48.0 Å². The molecule has 0 fully saturated rings. The molecule has 0 bridgehead atoms. The smallest absolute Gasteiger partial charge is 0.255 e. The number of nitrogens with zero attached hydrogens (tertiary/aromatic N) is 2. The van der Waals surface area contributed by atoms with Crippen LogP contribution in [0, 0.1) is 0 Å². The molecule has 0 aliphatic carbocycles. The Kier molecular flexibility index (Phi) is 6.17. The summed E-state index contributed by atoms with van der Waals surface area (Å²) in [5.41, 5.74) is 1.20. The number of benzene rings is 2. The monoisotopic (exact) mass is 425 g/mol. The van der Waals surface area contributed by atoms with Crippen LogP contribution < -0.4 is 10.2 Å². The van der Waals surface area contributed by atoms with Crippen LogP contribution in [0.15, 0.2) is 52.3 Å². The molecule has 152 valence electrons. The summed E-state index contributed by atoms with van der Waals surface area (Å²) in [5.74, 6) is -0.484. The van der Waals surface area contributed by atoms with E-state index in [1.165, 1.54) is 50.5 Å². The van der Waals surface area contributed by atoms with E-state index in [0.717, 1.165) is 10.6 Å². The van der Waals surface area contributed by atoms with E-state index in [0.29, 0.717) is 11.4 Å². The fourth-order valence-electron chi connectivity index (χ4n) is 2.42. The van der Waals surface area contributed by atoms with Crippen molar-refractivity contribution in [2.75, 3.05) is 44.7 Å². The van der Waals surface area contributed by atoms with Crippen LogP contribution in [0.25, 0.3) is 0 Å². The third-order valence-corrected chi connectivity index (χ3v) is 6.96. The molecule has 0 radical (unpaired) electrons. The highest BCUT2D eigenvalue weighted by molar-refractivity contribution is 7.90. The van der Waals surface area contributed by atoms with Gasteiger partial charge in [0.05, 0.1) is 21.2 Å². The van der Waals surface area contributed by atoms with E-state index in [1.54, 1.807) is 25.1 Å². The summed E-state index contributed by atoms with van der Waals surface area (Å²) in [6.07, 6.45) is 1.09. The Labute approximate surface area is 165 Å². The average Bonchev–Trinajstić information content (AvgIpc) is 2.60. The van der Waals surface area contributed by atoms with Crippen LogP contribution in [0.5, 0.6) is 0 Å². The number of carbonyl (C=O) groups is 1. The van der Waals surface area contributed by atoms with Crippen LogP contribution in [-0.4, -0.2) is 61.5 Å². The van der Waals surface area contributed by atoms with Crippen molar-refractivity contribution < 1.29 is 21.6 Å². The first-order valence-corrected chi connectivity index (χ1v) is 11.5. The van der Waals surface area contributed by atoms with Crippen LogP contribution in [0.4, 0.5) is 11.4 Å². The molecule has 28 heavy (non-hydrogen) atoms. The Morgan fingerprint density at radius 2 is 1.39 bits per heavy atom. The largest absolute Gasteiger partial charge is 0.376 e. The van der Waals surface area contributed by atoms with Crippen LogP contribution in [-0.2, 0) is 19.9 Å². The molecule has 0 saturated heterocycles. The van der Waals surface area contributed by atoms with Gasteiger partial charge in [0.15, 0.2) is 9.84 Å². The van der Waals surface area contributed by atoms with Gasteiger partial charge in [-0.3, -0.25) is 4.79 Å². The lowest BCUT2D eigenvalue weighted by Gasteiger charge is -2.20. The highest BCUT2D eigenvalue weighted by Gasteiger charge is 2.20. The molecule has 0 saturated carbocycles. The predicted molar refractivity (Wildman–Crippen MR) is 109 cm³/mol. The zero-order valence-corrected chi connectivity index (χ0v) is 17.9.